The number of carbonyl (C=O) groups is 2. The van der Waals surface area contributed by atoms with Crippen molar-refractivity contribution >= 4 is 17.4 Å². The maximum atomic E-state index is 13.5. The maximum Gasteiger partial charge on any atom is 0.295 e. The molecule has 210 valence electrons. The van der Waals surface area contributed by atoms with Crippen molar-refractivity contribution in [2.45, 2.75) is 33.2 Å². The third kappa shape index (κ3) is 6.72. The number of ether oxygens (including phenoxy) is 2. The third-order valence-corrected chi connectivity index (χ3v) is 6.73. The molecule has 0 aliphatic carbocycles. The minimum absolute atomic E-state index is 0.0747. The molecule has 0 bridgehead atoms. The van der Waals surface area contributed by atoms with Crippen molar-refractivity contribution in [3.05, 3.63) is 95.1 Å². The molecule has 7 heteroatoms. The topological polar surface area (TPSA) is 79.3 Å². The van der Waals surface area contributed by atoms with Crippen LogP contribution in [-0.4, -0.2) is 60.4 Å². The zero-order valence-corrected chi connectivity index (χ0v) is 23.9. The number of amides is 1. The molecule has 0 aromatic heterocycles. The fourth-order valence-electron chi connectivity index (χ4n) is 4.79. The van der Waals surface area contributed by atoms with E-state index in [1.807, 2.05) is 86.6 Å². The highest BCUT2D eigenvalue weighted by molar-refractivity contribution is 6.46. The fraction of sp³-hybridized carbons (Fsp3) is 0.333. The number of aliphatic hydroxyl groups excluding tert-OH is 1. The van der Waals surface area contributed by atoms with Crippen molar-refractivity contribution in [2.75, 3.05) is 33.8 Å². The minimum Gasteiger partial charge on any atom is -0.507 e. The van der Waals surface area contributed by atoms with Gasteiger partial charge in [0.1, 0.15) is 23.0 Å². The largest absolute Gasteiger partial charge is 0.507 e. The van der Waals surface area contributed by atoms with Crippen molar-refractivity contribution in [1.29, 1.82) is 0 Å². The van der Waals surface area contributed by atoms with Crippen molar-refractivity contribution in [3.63, 3.8) is 0 Å². The van der Waals surface area contributed by atoms with Crippen LogP contribution in [0.3, 0.4) is 0 Å². The molecule has 1 aliphatic rings. The van der Waals surface area contributed by atoms with Gasteiger partial charge in [0.05, 0.1) is 18.2 Å². The SMILES string of the molecule is Cc1cc(OCC(C)C)ccc1/C(O)=C1\C(=O)C(=O)N(CCCN(C)C)[C@@H]1c1cccc(Oc2ccccc2)c1. The van der Waals surface area contributed by atoms with Crippen LogP contribution < -0.4 is 9.47 Å². The summed E-state index contributed by atoms with van der Waals surface area (Å²) >= 11 is 0. The molecule has 1 atom stereocenters. The molecule has 1 saturated heterocycles. The second-order valence-electron chi connectivity index (χ2n) is 10.8. The van der Waals surface area contributed by atoms with Crippen molar-refractivity contribution in [2.24, 2.45) is 5.92 Å². The van der Waals surface area contributed by atoms with Gasteiger partial charge in [-0.1, -0.05) is 44.2 Å². The Morgan fingerprint density at radius 2 is 1.68 bits per heavy atom. The molecule has 1 aliphatic heterocycles. The lowest BCUT2D eigenvalue weighted by atomic mass is 9.93. The van der Waals surface area contributed by atoms with E-state index in [0.29, 0.717) is 53.9 Å². The summed E-state index contributed by atoms with van der Waals surface area (Å²) in [6.07, 6.45) is 0.678. The molecule has 3 aromatic carbocycles. The predicted molar refractivity (Wildman–Crippen MR) is 157 cm³/mol. The highest BCUT2D eigenvalue weighted by Crippen LogP contribution is 2.41. The lowest BCUT2D eigenvalue weighted by molar-refractivity contribution is -0.139. The first-order valence-corrected chi connectivity index (χ1v) is 13.7. The van der Waals surface area contributed by atoms with E-state index < -0.39 is 17.7 Å². The number of rotatable bonds is 11. The number of benzene rings is 3. The summed E-state index contributed by atoms with van der Waals surface area (Å²) in [5, 5.41) is 11.6. The van der Waals surface area contributed by atoms with E-state index in [-0.39, 0.29) is 11.3 Å². The molecule has 0 unspecified atom stereocenters. The Kier molecular flexibility index (Phi) is 9.27. The second kappa shape index (κ2) is 12.8. The van der Waals surface area contributed by atoms with Gasteiger partial charge in [-0.2, -0.15) is 0 Å². The summed E-state index contributed by atoms with van der Waals surface area (Å²) in [7, 11) is 3.93. The number of aryl methyl sites for hydroxylation is 1. The van der Waals surface area contributed by atoms with Crippen LogP contribution in [0.25, 0.3) is 5.76 Å². The molecule has 0 spiro atoms. The van der Waals surface area contributed by atoms with Crippen molar-refractivity contribution in [3.8, 4) is 17.2 Å². The molecule has 0 radical (unpaired) electrons. The van der Waals surface area contributed by atoms with Crippen LogP contribution >= 0.6 is 0 Å². The van der Waals surface area contributed by atoms with Crippen LogP contribution in [-0.2, 0) is 9.59 Å². The molecule has 1 heterocycles. The van der Waals surface area contributed by atoms with E-state index in [2.05, 4.69) is 13.8 Å². The van der Waals surface area contributed by atoms with Gasteiger partial charge in [0.15, 0.2) is 0 Å². The van der Waals surface area contributed by atoms with E-state index in [1.54, 1.807) is 17.0 Å². The smallest absolute Gasteiger partial charge is 0.295 e. The lowest BCUT2D eigenvalue weighted by Gasteiger charge is -2.26. The number of para-hydroxylation sites is 1. The van der Waals surface area contributed by atoms with Gasteiger partial charge in [0.25, 0.3) is 11.7 Å². The summed E-state index contributed by atoms with van der Waals surface area (Å²) < 4.78 is 11.9. The Morgan fingerprint density at radius 3 is 2.35 bits per heavy atom. The van der Waals surface area contributed by atoms with Gasteiger partial charge in [0.2, 0.25) is 0 Å². The van der Waals surface area contributed by atoms with Crippen LogP contribution in [0.2, 0.25) is 0 Å². The highest BCUT2D eigenvalue weighted by Gasteiger charge is 2.46. The summed E-state index contributed by atoms with van der Waals surface area (Å²) in [5.41, 5.74) is 2.00. The van der Waals surface area contributed by atoms with E-state index >= 15 is 0 Å². The van der Waals surface area contributed by atoms with Gasteiger partial charge < -0.3 is 24.4 Å². The van der Waals surface area contributed by atoms with E-state index in [4.69, 9.17) is 9.47 Å². The average molecular weight is 543 g/mol. The third-order valence-electron chi connectivity index (χ3n) is 6.73. The first-order valence-electron chi connectivity index (χ1n) is 13.7. The van der Waals surface area contributed by atoms with Gasteiger partial charge in [-0.3, -0.25) is 9.59 Å². The fourth-order valence-corrected chi connectivity index (χ4v) is 4.79. The number of nitrogens with zero attached hydrogens (tertiary/aromatic N) is 2. The zero-order chi connectivity index (χ0) is 28.8. The number of likely N-dealkylation sites (tertiary alicyclic amines) is 1. The van der Waals surface area contributed by atoms with Crippen LogP contribution in [0.15, 0.2) is 78.4 Å². The molecular formula is C33H38N2O5. The van der Waals surface area contributed by atoms with Crippen LogP contribution in [0.1, 0.15) is 43.0 Å². The number of aliphatic hydroxyl groups is 1. The quantitative estimate of drug-likeness (QED) is 0.177. The summed E-state index contributed by atoms with van der Waals surface area (Å²) in [6, 6.07) is 21.4. The van der Waals surface area contributed by atoms with Gasteiger partial charge in [-0.25, -0.2) is 0 Å². The molecule has 0 saturated carbocycles. The summed E-state index contributed by atoms with van der Waals surface area (Å²) in [4.78, 5) is 30.4. The van der Waals surface area contributed by atoms with Crippen LogP contribution in [0.5, 0.6) is 17.2 Å². The van der Waals surface area contributed by atoms with Crippen LogP contribution in [0.4, 0.5) is 0 Å². The molecule has 4 rings (SSSR count). The molecular weight excluding hydrogens is 504 g/mol. The Balaban J connectivity index is 1.76. The highest BCUT2D eigenvalue weighted by atomic mass is 16.5. The summed E-state index contributed by atoms with van der Waals surface area (Å²) in [6.45, 7) is 7.70. The Bertz CT molecular complexity index is 1380. The number of hydrogen-bond donors (Lipinski definition) is 1. The van der Waals surface area contributed by atoms with E-state index in [0.717, 1.165) is 12.1 Å². The van der Waals surface area contributed by atoms with Crippen LogP contribution in [0, 0.1) is 12.8 Å². The Hall–Kier alpha value is -4.10. The van der Waals surface area contributed by atoms with Gasteiger partial charge >= 0.3 is 0 Å². The van der Waals surface area contributed by atoms with E-state index in [9.17, 15) is 14.7 Å². The van der Waals surface area contributed by atoms with Crippen molar-refractivity contribution in [1.82, 2.24) is 9.80 Å². The lowest BCUT2D eigenvalue weighted by Crippen LogP contribution is -2.32. The number of Topliss-reactive ketones (excluding diaryl/α,β-unsaturated/α-hetero) is 1. The average Bonchev–Trinajstić information content (AvgIpc) is 3.17. The maximum absolute atomic E-state index is 13.5. The number of carbonyl (C=O) groups excluding carboxylic acids is 2. The number of ketones is 1. The first kappa shape index (κ1) is 28.9. The normalized spacial score (nSPS) is 16.7. The van der Waals surface area contributed by atoms with Gasteiger partial charge in [-0.05, 0) is 93.5 Å². The summed E-state index contributed by atoms with van der Waals surface area (Å²) in [5.74, 6) is 0.810. The number of hydrogen-bond acceptors (Lipinski definition) is 6. The zero-order valence-electron chi connectivity index (χ0n) is 23.9. The Labute approximate surface area is 236 Å². The molecule has 1 N–H and O–H groups in total. The molecule has 1 amide bonds. The second-order valence-corrected chi connectivity index (χ2v) is 10.8. The standard InChI is InChI=1S/C33H38N2O5/c1-22(2)21-39-26-15-16-28(23(3)19-26)31(36)29-30(35(33(38)32(29)37)18-10-17-34(4)5)24-11-9-14-27(20-24)40-25-12-7-6-8-13-25/h6-9,11-16,19-20,22,30,36H,10,17-18,21H2,1-5H3/b31-29+/t30-/m1/s1. The Morgan fingerprint density at radius 1 is 0.950 bits per heavy atom. The van der Waals surface area contributed by atoms with Crippen molar-refractivity contribution < 1.29 is 24.2 Å². The predicted octanol–water partition coefficient (Wildman–Crippen LogP) is 6.20. The molecule has 7 nitrogen and oxygen atoms in total. The van der Waals surface area contributed by atoms with Gasteiger partial charge in [-0.15, -0.1) is 0 Å². The monoisotopic (exact) mass is 542 g/mol. The first-order chi connectivity index (χ1) is 19.2. The molecule has 40 heavy (non-hydrogen) atoms. The van der Waals surface area contributed by atoms with Gasteiger partial charge in [0, 0.05) is 12.1 Å². The van der Waals surface area contributed by atoms with E-state index in [1.165, 1.54) is 0 Å². The molecule has 3 aromatic rings. The minimum atomic E-state index is -0.752. The molecule has 1 fully saturated rings.